The summed E-state index contributed by atoms with van der Waals surface area (Å²) in [4.78, 5) is 47.5. The number of carbonyl (C=O) groups excluding carboxylic acids is 3. The summed E-state index contributed by atoms with van der Waals surface area (Å²) in [6, 6.07) is 26.7. The van der Waals surface area contributed by atoms with Crippen LogP contribution in [0.1, 0.15) is 28.8 Å². The molecule has 7 nitrogen and oxygen atoms in total. The lowest BCUT2D eigenvalue weighted by molar-refractivity contribution is -0.140. The molecule has 2 aliphatic rings. The number of para-hydroxylation sites is 1. The third-order valence-corrected chi connectivity index (χ3v) is 7.91. The van der Waals surface area contributed by atoms with E-state index in [0.717, 1.165) is 11.3 Å². The molecule has 3 amide bonds. The minimum absolute atomic E-state index is 0.00944. The fraction of sp³-hybridized carbons (Fsp3) is 0.300. The molecule has 0 radical (unpaired) electrons. The molecule has 3 aromatic rings. The number of carbonyl (C=O) groups is 3. The van der Waals surface area contributed by atoms with Crippen molar-refractivity contribution in [2.24, 2.45) is 0 Å². The van der Waals surface area contributed by atoms with Gasteiger partial charge >= 0.3 is 0 Å². The normalized spacial score (nSPS) is 16.7. The van der Waals surface area contributed by atoms with Gasteiger partial charge in [0.2, 0.25) is 5.91 Å². The van der Waals surface area contributed by atoms with Crippen LogP contribution in [0.2, 0.25) is 5.02 Å². The number of amides is 3. The molecule has 2 heterocycles. The molecule has 0 atom stereocenters. The molecule has 0 aliphatic carbocycles. The highest BCUT2D eigenvalue weighted by Crippen LogP contribution is 2.40. The van der Waals surface area contributed by atoms with E-state index in [-0.39, 0.29) is 24.3 Å². The smallest absolute Gasteiger partial charge is 0.255 e. The van der Waals surface area contributed by atoms with E-state index < -0.39 is 5.54 Å². The number of piperidine rings is 1. The predicted octanol–water partition coefficient (Wildman–Crippen LogP) is 4.28. The summed E-state index contributed by atoms with van der Waals surface area (Å²) < 4.78 is 0. The molecule has 2 saturated heterocycles. The lowest BCUT2D eigenvalue weighted by Gasteiger charge is -2.43. The topological polar surface area (TPSA) is 64.2 Å². The molecule has 1 spiro atoms. The SMILES string of the molecule is CN(Cc1ccccc1)C(=O)CN1CN(c2ccccc2)C2(CCN(C(=O)c3ccccc3Cl)CC2)C1=O. The molecule has 38 heavy (non-hydrogen) atoms. The highest BCUT2D eigenvalue weighted by Gasteiger charge is 2.54. The Balaban J connectivity index is 1.33. The number of rotatable bonds is 6. The van der Waals surface area contributed by atoms with Crippen molar-refractivity contribution in [3.8, 4) is 0 Å². The van der Waals surface area contributed by atoms with Gasteiger partial charge in [0.1, 0.15) is 12.1 Å². The van der Waals surface area contributed by atoms with Gasteiger partial charge < -0.3 is 19.6 Å². The van der Waals surface area contributed by atoms with Crippen LogP contribution in [0, 0.1) is 0 Å². The second-order valence-corrected chi connectivity index (χ2v) is 10.4. The van der Waals surface area contributed by atoms with Gasteiger partial charge in [0, 0.05) is 32.4 Å². The molecule has 5 rings (SSSR count). The van der Waals surface area contributed by atoms with Crippen molar-refractivity contribution in [2.75, 3.05) is 38.3 Å². The Bertz CT molecular complexity index is 1310. The van der Waals surface area contributed by atoms with Crippen molar-refractivity contribution >= 4 is 35.0 Å². The number of halogens is 1. The first-order valence-corrected chi connectivity index (χ1v) is 13.2. The average Bonchev–Trinajstić information content (AvgIpc) is 3.20. The molecule has 0 saturated carbocycles. The van der Waals surface area contributed by atoms with Gasteiger partial charge in [0.05, 0.1) is 17.3 Å². The van der Waals surface area contributed by atoms with E-state index in [9.17, 15) is 14.4 Å². The molecule has 0 aromatic heterocycles. The lowest BCUT2D eigenvalue weighted by atomic mass is 9.85. The maximum atomic E-state index is 14.0. The van der Waals surface area contributed by atoms with Gasteiger partial charge in [-0.15, -0.1) is 0 Å². The summed E-state index contributed by atoms with van der Waals surface area (Å²) in [7, 11) is 1.76. The first-order chi connectivity index (χ1) is 18.4. The van der Waals surface area contributed by atoms with E-state index >= 15 is 0 Å². The monoisotopic (exact) mass is 530 g/mol. The van der Waals surface area contributed by atoms with Gasteiger partial charge in [-0.25, -0.2) is 0 Å². The van der Waals surface area contributed by atoms with Crippen molar-refractivity contribution in [2.45, 2.75) is 24.9 Å². The summed E-state index contributed by atoms with van der Waals surface area (Å²) in [6.07, 6.45) is 0.947. The zero-order valence-electron chi connectivity index (χ0n) is 21.4. The lowest BCUT2D eigenvalue weighted by Crippen LogP contribution is -2.57. The number of nitrogens with zero attached hydrogens (tertiary/aromatic N) is 4. The van der Waals surface area contributed by atoms with E-state index in [1.807, 2.05) is 60.7 Å². The van der Waals surface area contributed by atoms with Gasteiger partial charge in [-0.2, -0.15) is 0 Å². The maximum Gasteiger partial charge on any atom is 0.255 e. The Hall–Kier alpha value is -3.84. The van der Waals surface area contributed by atoms with Gasteiger partial charge in [0.15, 0.2) is 0 Å². The molecular weight excluding hydrogens is 500 g/mol. The van der Waals surface area contributed by atoms with E-state index in [1.165, 1.54) is 0 Å². The van der Waals surface area contributed by atoms with Crippen LogP contribution in [-0.4, -0.2) is 71.3 Å². The molecular formula is C30H31ClN4O3. The van der Waals surface area contributed by atoms with Crippen LogP contribution in [0.5, 0.6) is 0 Å². The Morgan fingerprint density at radius 2 is 1.50 bits per heavy atom. The second kappa shape index (κ2) is 10.9. The van der Waals surface area contributed by atoms with E-state index in [4.69, 9.17) is 11.6 Å². The minimum atomic E-state index is -0.809. The van der Waals surface area contributed by atoms with Crippen LogP contribution in [0.4, 0.5) is 5.69 Å². The fourth-order valence-electron chi connectivity index (χ4n) is 5.44. The van der Waals surface area contributed by atoms with Crippen molar-refractivity contribution < 1.29 is 14.4 Å². The first-order valence-electron chi connectivity index (χ1n) is 12.8. The van der Waals surface area contributed by atoms with Gasteiger partial charge in [-0.1, -0.05) is 72.3 Å². The van der Waals surface area contributed by atoms with Crippen LogP contribution >= 0.6 is 11.6 Å². The molecule has 2 fully saturated rings. The quantitative estimate of drug-likeness (QED) is 0.477. The average molecular weight is 531 g/mol. The zero-order valence-corrected chi connectivity index (χ0v) is 22.2. The number of likely N-dealkylation sites (N-methyl/N-ethyl adjacent to an activating group) is 1. The first kappa shape index (κ1) is 25.8. The van der Waals surface area contributed by atoms with Crippen LogP contribution in [-0.2, 0) is 16.1 Å². The van der Waals surface area contributed by atoms with E-state index in [1.54, 1.807) is 46.0 Å². The molecule has 0 N–H and O–H groups in total. The Labute approximate surface area is 228 Å². The molecule has 0 unspecified atom stereocenters. The molecule has 2 aliphatic heterocycles. The molecule has 3 aromatic carbocycles. The largest absolute Gasteiger partial charge is 0.340 e. The summed E-state index contributed by atoms with van der Waals surface area (Å²) >= 11 is 6.28. The summed E-state index contributed by atoms with van der Waals surface area (Å²) in [6.45, 7) is 1.67. The highest BCUT2D eigenvalue weighted by atomic mass is 35.5. The van der Waals surface area contributed by atoms with Gasteiger partial charge in [-0.3, -0.25) is 14.4 Å². The molecule has 196 valence electrons. The maximum absolute atomic E-state index is 14.0. The van der Waals surface area contributed by atoms with E-state index in [0.29, 0.717) is 49.7 Å². The second-order valence-electron chi connectivity index (χ2n) is 9.95. The third-order valence-electron chi connectivity index (χ3n) is 7.58. The summed E-state index contributed by atoms with van der Waals surface area (Å²) in [5.41, 5.74) is 1.63. The Kier molecular flexibility index (Phi) is 7.38. The minimum Gasteiger partial charge on any atom is -0.340 e. The Morgan fingerprint density at radius 1 is 0.895 bits per heavy atom. The van der Waals surface area contributed by atoms with Crippen LogP contribution in [0.15, 0.2) is 84.9 Å². The van der Waals surface area contributed by atoms with Crippen molar-refractivity contribution in [3.05, 3.63) is 101 Å². The van der Waals surface area contributed by atoms with Crippen LogP contribution < -0.4 is 4.90 Å². The van der Waals surface area contributed by atoms with Crippen molar-refractivity contribution in [3.63, 3.8) is 0 Å². The van der Waals surface area contributed by atoms with Crippen LogP contribution in [0.3, 0.4) is 0 Å². The Morgan fingerprint density at radius 3 is 2.16 bits per heavy atom. The number of likely N-dealkylation sites (tertiary alicyclic amines) is 1. The highest BCUT2D eigenvalue weighted by molar-refractivity contribution is 6.33. The van der Waals surface area contributed by atoms with Crippen molar-refractivity contribution in [1.29, 1.82) is 0 Å². The summed E-state index contributed by atoms with van der Waals surface area (Å²) in [5, 5.41) is 0.421. The van der Waals surface area contributed by atoms with Crippen molar-refractivity contribution in [1.82, 2.24) is 14.7 Å². The fourth-order valence-corrected chi connectivity index (χ4v) is 5.65. The number of anilines is 1. The predicted molar refractivity (Wildman–Crippen MR) is 148 cm³/mol. The number of hydrogen-bond donors (Lipinski definition) is 0. The van der Waals surface area contributed by atoms with Gasteiger partial charge in [0.25, 0.3) is 11.8 Å². The third kappa shape index (κ3) is 4.98. The number of hydrogen-bond acceptors (Lipinski definition) is 4. The summed E-state index contributed by atoms with van der Waals surface area (Å²) in [5.74, 6) is -0.303. The number of benzene rings is 3. The van der Waals surface area contributed by atoms with Crippen LogP contribution in [0.25, 0.3) is 0 Å². The zero-order chi connectivity index (χ0) is 26.7. The standard InChI is InChI=1S/C30H31ClN4O3/c1-32(20-23-10-4-2-5-11-23)27(36)21-34-22-35(24-12-6-3-7-13-24)30(29(34)38)16-18-33(19-17-30)28(37)25-14-8-9-15-26(25)31/h2-15H,16-22H2,1H3. The molecule has 8 heteroatoms. The van der Waals surface area contributed by atoms with Gasteiger partial charge in [-0.05, 0) is 42.7 Å². The molecule has 0 bridgehead atoms. The van der Waals surface area contributed by atoms with E-state index in [2.05, 4.69) is 4.90 Å².